The quantitative estimate of drug-likeness (QED) is 0.289. The molecule has 0 bridgehead atoms. The molecule has 3 aromatic rings. The van der Waals surface area contributed by atoms with Crippen molar-refractivity contribution >= 4 is 29.0 Å². The topological polar surface area (TPSA) is 157 Å². The Morgan fingerprint density at radius 3 is 2.75 bits per heavy atom. The lowest BCUT2D eigenvalue weighted by Crippen LogP contribution is -2.55. The zero-order chi connectivity index (χ0) is 22.7. The number of nitrogen functional groups attached to an aromatic ring is 1. The minimum Gasteiger partial charge on any atom is -0.384 e. The molecule has 2 amide bonds. The van der Waals surface area contributed by atoms with E-state index in [1.807, 2.05) is 18.2 Å². The van der Waals surface area contributed by atoms with Crippen molar-refractivity contribution in [3.8, 4) is 11.1 Å². The fourth-order valence-corrected chi connectivity index (χ4v) is 3.44. The molecule has 2 heterocycles. The summed E-state index contributed by atoms with van der Waals surface area (Å²) >= 11 is 0. The van der Waals surface area contributed by atoms with Crippen molar-refractivity contribution in [1.82, 2.24) is 10.2 Å². The van der Waals surface area contributed by atoms with E-state index in [4.69, 9.17) is 15.9 Å². The first-order valence-electron chi connectivity index (χ1n) is 9.89. The molecule has 1 aromatic heterocycles. The molecule has 0 saturated carbocycles. The first kappa shape index (κ1) is 21.2. The molecule has 0 spiro atoms. The van der Waals surface area contributed by atoms with Crippen LogP contribution in [0.5, 0.6) is 0 Å². The molecule has 1 aliphatic heterocycles. The number of aliphatic hydroxyl groups is 1. The van der Waals surface area contributed by atoms with Crippen LogP contribution in [0.3, 0.4) is 0 Å². The van der Waals surface area contributed by atoms with E-state index in [2.05, 4.69) is 15.5 Å². The molecule has 1 fully saturated rings. The van der Waals surface area contributed by atoms with E-state index in [-0.39, 0.29) is 12.4 Å². The van der Waals surface area contributed by atoms with Gasteiger partial charge in [-0.3, -0.25) is 20.1 Å². The lowest BCUT2D eigenvalue weighted by atomic mass is 10.1. The third kappa shape index (κ3) is 4.36. The van der Waals surface area contributed by atoms with Gasteiger partial charge in [-0.1, -0.05) is 12.1 Å². The maximum absolute atomic E-state index is 13.0. The summed E-state index contributed by atoms with van der Waals surface area (Å²) in [6.45, 7) is 0.467. The highest BCUT2D eigenvalue weighted by Crippen LogP contribution is 2.26. The normalized spacial score (nSPS) is 17.1. The predicted octanol–water partition coefficient (Wildman–Crippen LogP) is 1.09. The number of amidine groups is 1. The van der Waals surface area contributed by atoms with E-state index >= 15 is 0 Å². The highest BCUT2D eigenvalue weighted by molar-refractivity contribution is 6.04. The van der Waals surface area contributed by atoms with Gasteiger partial charge in [0.05, 0.1) is 12.8 Å². The largest absolute Gasteiger partial charge is 0.384 e. The summed E-state index contributed by atoms with van der Waals surface area (Å²) in [5.41, 5.74) is 8.70. The van der Waals surface area contributed by atoms with Crippen LogP contribution in [0.25, 0.3) is 11.1 Å². The lowest BCUT2D eigenvalue weighted by Gasteiger charge is -2.34. The molecule has 2 aromatic carbocycles. The molecule has 1 saturated heterocycles. The van der Waals surface area contributed by atoms with Crippen molar-refractivity contribution in [1.29, 1.82) is 5.41 Å². The number of aliphatic hydroxyl groups excluding tert-OH is 1. The summed E-state index contributed by atoms with van der Waals surface area (Å²) in [7, 11) is 0. The number of H-pyrrole nitrogens is 1. The molecule has 1 unspecified atom stereocenters. The molecule has 10 heteroatoms. The molecular weight excluding hydrogens is 412 g/mol. The molecule has 6 N–H and O–H groups in total. The Balaban J connectivity index is 1.47. The van der Waals surface area contributed by atoms with E-state index in [0.29, 0.717) is 23.5 Å². The number of hydrogen-bond acceptors (Lipinski definition) is 6. The highest BCUT2D eigenvalue weighted by Gasteiger charge is 2.39. The van der Waals surface area contributed by atoms with Gasteiger partial charge in [-0.2, -0.15) is 5.10 Å². The molecule has 0 aliphatic carbocycles. The number of carbonyl (C=O) groups excluding carboxylic acids is 2. The van der Waals surface area contributed by atoms with Gasteiger partial charge >= 0.3 is 0 Å². The van der Waals surface area contributed by atoms with Crippen LogP contribution in [-0.2, 0) is 14.3 Å². The Morgan fingerprint density at radius 2 is 2.06 bits per heavy atom. The number of aromatic nitrogens is 2. The average molecular weight is 434 g/mol. The second-order valence-corrected chi connectivity index (χ2v) is 7.24. The van der Waals surface area contributed by atoms with E-state index < -0.39 is 24.0 Å². The monoisotopic (exact) mass is 434 g/mol. The van der Waals surface area contributed by atoms with E-state index in [9.17, 15) is 14.7 Å². The number of nitrogens with two attached hydrogens (primary N) is 1. The number of carbonyl (C=O) groups is 2. The van der Waals surface area contributed by atoms with Crippen molar-refractivity contribution in [3.63, 3.8) is 0 Å². The number of nitrogens with one attached hydrogen (secondary N) is 3. The Morgan fingerprint density at radius 1 is 1.28 bits per heavy atom. The van der Waals surface area contributed by atoms with Gasteiger partial charge in [0.1, 0.15) is 5.84 Å². The van der Waals surface area contributed by atoms with Crippen LogP contribution in [0.1, 0.15) is 5.56 Å². The molecule has 32 heavy (non-hydrogen) atoms. The van der Waals surface area contributed by atoms with Crippen molar-refractivity contribution in [3.05, 3.63) is 66.5 Å². The van der Waals surface area contributed by atoms with Crippen LogP contribution in [0.15, 0.2) is 60.9 Å². The van der Waals surface area contributed by atoms with E-state index in [0.717, 1.165) is 11.1 Å². The van der Waals surface area contributed by atoms with Crippen LogP contribution < -0.4 is 16.0 Å². The summed E-state index contributed by atoms with van der Waals surface area (Å²) in [5.74, 6) is -1.37. The number of benzene rings is 2. The van der Waals surface area contributed by atoms with Crippen LogP contribution in [-0.4, -0.2) is 58.3 Å². The standard InChI is InChI=1S/C22H22N6O4/c23-20(24)13-4-6-16(7-5-13)27-21(30)18(29)19-22(31)28(8-9-32-19)17-3-1-2-14(10-17)15-11-25-26-12-15/h1-7,10-12,18-19,29H,8-9H2,(H3,23,24)(H,25,26)(H,27,30)/t18-,19?/m1/s1. The van der Waals surface area contributed by atoms with Gasteiger partial charge in [-0.05, 0) is 42.0 Å². The number of anilines is 2. The number of ether oxygens (including phenoxy) is 1. The summed E-state index contributed by atoms with van der Waals surface area (Å²) < 4.78 is 5.45. The van der Waals surface area contributed by atoms with Gasteiger partial charge < -0.3 is 25.8 Å². The van der Waals surface area contributed by atoms with Crippen molar-refractivity contribution in [2.75, 3.05) is 23.4 Å². The number of hydrogen-bond donors (Lipinski definition) is 5. The summed E-state index contributed by atoms with van der Waals surface area (Å²) in [6, 6.07) is 13.6. The SMILES string of the molecule is N=C(N)c1ccc(NC(=O)[C@H](O)C2OCCN(c3cccc(-c4cn[nH]c4)c3)C2=O)cc1. The first-order chi connectivity index (χ1) is 15.4. The van der Waals surface area contributed by atoms with Crippen LogP contribution in [0.4, 0.5) is 11.4 Å². The van der Waals surface area contributed by atoms with Gasteiger partial charge in [0, 0.05) is 35.2 Å². The molecule has 4 rings (SSSR count). The second-order valence-electron chi connectivity index (χ2n) is 7.24. The predicted molar refractivity (Wildman–Crippen MR) is 118 cm³/mol. The molecule has 10 nitrogen and oxygen atoms in total. The van der Waals surface area contributed by atoms with Crippen molar-refractivity contribution in [2.45, 2.75) is 12.2 Å². The zero-order valence-corrected chi connectivity index (χ0v) is 17.0. The van der Waals surface area contributed by atoms with Crippen molar-refractivity contribution in [2.24, 2.45) is 5.73 Å². The fourth-order valence-electron chi connectivity index (χ4n) is 3.44. The third-order valence-corrected chi connectivity index (χ3v) is 5.13. The Kier molecular flexibility index (Phi) is 5.97. The van der Waals surface area contributed by atoms with Gasteiger partial charge in [0.2, 0.25) is 0 Å². The maximum atomic E-state index is 13.0. The first-order valence-corrected chi connectivity index (χ1v) is 9.89. The van der Waals surface area contributed by atoms with Gasteiger partial charge in [-0.15, -0.1) is 0 Å². The fraction of sp³-hybridized carbons (Fsp3) is 0.182. The summed E-state index contributed by atoms with van der Waals surface area (Å²) in [4.78, 5) is 27.1. The Labute approximate surface area is 183 Å². The number of nitrogens with zero attached hydrogens (tertiary/aromatic N) is 2. The molecular formula is C22H22N6O4. The zero-order valence-electron chi connectivity index (χ0n) is 17.0. The highest BCUT2D eigenvalue weighted by atomic mass is 16.5. The number of amides is 2. The summed E-state index contributed by atoms with van der Waals surface area (Å²) in [6.07, 6.45) is 0.396. The molecule has 2 atom stereocenters. The third-order valence-electron chi connectivity index (χ3n) is 5.13. The van der Waals surface area contributed by atoms with E-state index in [1.165, 1.54) is 4.90 Å². The molecule has 164 valence electrons. The number of rotatable bonds is 6. The van der Waals surface area contributed by atoms with Gasteiger partial charge in [0.15, 0.2) is 12.2 Å². The Hall–Kier alpha value is -4.02. The second kappa shape index (κ2) is 9.00. The number of aromatic amines is 1. The molecule has 0 radical (unpaired) electrons. The lowest BCUT2D eigenvalue weighted by molar-refractivity contribution is -0.150. The minimum atomic E-state index is -1.70. The Bertz CT molecular complexity index is 1130. The minimum absolute atomic E-state index is 0.0963. The number of morpholine rings is 1. The van der Waals surface area contributed by atoms with Crippen molar-refractivity contribution < 1.29 is 19.4 Å². The van der Waals surface area contributed by atoms with Gasteiger partial charge in [0.25, 0.3) is 11.8 Å². The van der Waals surface area contributed by atoms with E-state index in [1.54, 1.807) is 42.7 Å². The smallest absolute Gasteiger partial charge is 0.259 e. The summed E-state index contributed by atoms with van der Waals surface area (Å²) in [5, 5.41) is 27.2. The molecule has 1 aliphatic rings. The maximum Gasteiger partial charge on any atom is 0.259 e. The van der Waals surface area contributed by atoms with Crippen LogP contribution in [0, 0.1) is 5.41 Å². The van der Waals surface area contributed by atoms with Gasteiger partial charge in [-0.25, -0.2) is 0 Å². The van der Waals surface area contributed by atoms with Crippen LogP contribution >= 0.6 is 0 Å². The average Bonchev–Trinajstić information content (AvgIpc) is 3.34. The van der Waals surface area contributed by atoms with Crippen LogP contribution in [0.2, 0.25) is 0 Å².